The van der Waals surface area contributed by atoms with Crippen LogP contribution in [0.25, 0.3) is 10.9 Å². The number of nitrogens with one attached hydrogen (secondary N) is 1. The minimum Gasteiger partial charge on any atom is -0.452 e. The van der Waals surface area contributed by atoms with Crippen LogP contribution in [-0.2, 0) is 22.4 Å². The lowest BCUT2D eigenvalue weighted by Gasteiger charge is -2.26. The van der Waals surface area contributed by atoms with Crippen molar-refractivity contribution in [3.63, 3.8) is 0 Å². The van der Waals surface area contributed by atoms with Gasteiger partial charge in [-0.2, -0.15) is 0 Å². The van der Waals surface area contributed by atoms with Gasteiger partial charge in [0, 0.05) is 29.7 Å². The number of nitrogens with zero attached hydrogens (tertiary/aromatic N) is 1. The Morgan fingerprint density at radius 3 is 2.85 bits per heavy atom. The summed E-state index contributed by atoms with van der Waals surface area (Å²) in [5.74, 6) is 0.155. The Morgan fingerprint density at radius 2 is 2.04 bits per heavy atom. The number of hydrogen-bond donors (Lipinski definition) is 1. The second-order valence-electron chi connectivity index (χ2n) is 7.71. The first-order valence-electron chi connectivity index (χ1n) is 9.70. The lowest BCUT2D eigenvalue weighted by atomic mass is 9.87. The summed E-state index contributed by atoms with van der Waals surface area (Å²) in [7, 11) is 0. The summed E-state index contributed by atoms with van der Waals surface area (Å²) in [5, 5.41) is 1.11. The monoisotopic (exact) mass is 354 g/mol. The number of ether oxygens (including phenoxy) is 1. The molecule has 1 saturated heterocycles. The standard InChI is InChI=1S/C21H26N2O3/c1-14-5-7-18-16(11-14)17-12-15(6-8-19(17)22-18)21(25)26-13-20(24)23-9-3-2-4-10-23/h6,8,12,14,22H,2-5,7,9-11,13H2,1H3/t14-/m0/s1. The van der Waals surface area contributed by atoms with Crippen molar-refractivity contribution in [2.24, 2.45) is 5.92 Å². The summed E-state index contributed by atoms with van der Waals surface area (Å²) in [6.07, 6.45) is 6.55. The lowest BCUT2D eigenvalue weighted by Crippen LogP contribution is -2.38. The number of esters is 1. The predicted octanol–water partition coefficient (Wildman–Crippen LogP) is 3.46. The largest absolute Gasteiger partial charge is 0.452 e. The molecular formula is C21H26N2O3. The summed E-state index contributed by atoms with van der Waals surface area (Å²) >= 11 is 0. The number of carbonyl (C=O) groups excluding carboxylic acids is 2. The number of likely N-dealkylation sites (tertiary alicyclic amines) is 1. The quantitative estimate of drug-likeness (QED) is 0.859. The second kappa shape index (κ2) is 7.14. The molecule has 1 N–H and O–H groups in total. The molecule has 1 aliphatic carbocycles. The van der Waals surface area contributed by atoms with Gasteiger partial charge in [0.15, 0.2) is 6.61 Å². The zero-order valence-electron chi connectivity index (χ0n) is 15.3. The average Bonchev–Trinajstić information content (AvgIpc) is 3.03. The lowest BCUT2D eigenvalue weighted by molar-refractivity contribution is -0.135. The van der Waals surface area contributed by atoms with Gasteiger partial charge in [-0.1, -0.05) is 6.92 Å². The fraction of sp³-hybridized carbons (Fsp3) is 0.524. The molecule has 1 aromatic carbocycles. The van der Waals surface area contributed by atoms with E-state index in [1.165, 1.54) is 24.1 Å². The third-order valence-corrected chi connectivity index (χ3v) is 5.71. The molecule has 1 amide bonds. The van der Waals surface area contributed by atoms with Gasteiger partial charge in [0.1, 0.15) is 0 Å². The molecule has 0 saturated carbocycles. The molecule has 138 valence electrons. The number of rotatable bonds is 3. The number of aryl methyl sites for hydroxylation is 1. The van der Waals surface area contributed by atoms with Gasteiger partial charge in [-0.3, -0.25) is 4.79 Å². The first kappa shape index (κ1) is 17.1. The summed E-state index contributed by atoms with van der Waals surface area (Å²) < 4.78 is 5.29. The second-order valence-corrected chi connectivity index (χ2v) is 7.71. The first-order chi connectivity index (χ1) is 12.6. The van der Waals surface area contributed by atoms with Gasteiger partial charge in [0.05, 0.1) is 5.56 Å². The van der Waals surface area contributed by atoms with Gasteiger partial charge in [0.25, 0.3) is 5.91 Å². The molecule has 2 aromatic rings. The van der Waals surface area contributed by atoms with Crippen LogP contribution in [0.4, 0.5) is 0 Å². The van der Waals surface area contributed by atoms with Crippen molar-refractivity contribution in [2.45, 2.75) is 45.4 Å². The molecule has 5 heteroatoms. The molecule has 1 aliphatic heterocycles. The molecule has 2 heterocycles. The maximum Gasteiger partial charge on any atom is 0.338 e. The molecule has 26 heavy (non-hydrogen) atoms. The molecule has 0 bridgehead atoms. The first-order valence-corrected chi connectivity index (χ1v) is 9.70. The number of amides is 1. The van der Waals surface area contributed by atoms with Crippen molar-refractivity contribution in [1.29, 1.82) is 0 Å². The van der Waals surface area contributed by atoms with Crippen LogP contribution in [-0.4, -0.2) is 41.5 Å². The van der Waals surface area contributed by atoms with Crippen LogP contribution < -0.4 is 0 Å². The van der Waals surface area contributed by atoms with Crippen LogP contribution in [0, 0.1) is 5.92 Å². The third kappa shape index (κ3) is 3.35. The van der Waals surface area contributed by atoms with Gasteiger partial charge in [0.2, 0.25) is 0 Å². The third-order valence-electron chi connectivity index (χ3n) is 5.71. The smallest absolute Gasteiger partial charge is 0.338 e. The molecule has 0 unspecified atom stereocenters. The summed E-state index contributed by atoms with van der Waals surface area (Å²) in [5.41, 5.74) is 4.22. The van der Waals surface area contributed by atoms with Crippen LogP contribution in [0.3, 0.4) is 0 Å². The molecule has 1 fully saturated rings. The minimum atomic E-state index is -0.420. The van der Waals surface area contributed by atoms with Gasteiger partial charge >= 0.3 is 5.97 Å². The van der Waals surface area contributed by atoms with E-state index in [9.17, 15) is 9.59 Å². The van der Waals surface area contributed by atoms with Crippen molar-refractivity contribution in [3.05, 3.63) is 35.0 Å². The summed E-state index contributed by atoms with van der Waals surface area (Å²) in [4.78, 5) is 29.9. The molecule has 1 aromatic heterocycles. The average molecular weight is 354 g/mol. The van der Waals surface area contributed by atoms with E-state index < -0.39 is 5.97 Å². The minimum absolute atomic E-state index is 0.0908. The number of hydrogen-bond acceptors (Lipinski definition) is 3. The van der Waals surface area contributed by atoms with Crippen molar-refractivity contribution >= 4 is 22.8 Å². The van der Waals surface area contributed by atoms with E-state index in [1.807, 2.05) is 12.1 Å². The van der Waals surface area contributed by atoms with Gasteiger partial charge in [-0.05, 0) is 68.2 Å². The highest BCUT2D eigenvalue weighted by Gasteiger charge is 2.22. The van der Waals surface area contributed by atoms with Crippen LogP contribution in [0.1, 0.15) is 54.2 Å². The zero-order chi connectivity index (χ0) is 18.1. The van der Waals surface area contributed by atoms with Crippen LogP contribution in [0.15, 0.2) is 18.2 Å². The van der Waals surface area contributed by atoms with Crippen molar-refractivity contribution in [3.8, 4) is 0 Å². The Balaban J connectivity index is 1.46. The summed E-state index contributed by atoms with van der Waals surface area (Å²) in [6.45, 7) is 3.65. The molecule has 2 aliphatic rings. The van der Waals surface area contributed by atoms with Crippen LogP contribution in [0.2, 0.25) is 0 Å². The number of aromatic amines is 1. The Morgan fingerprint density at radius 1 is 1.23 bits per heavy atom. The predicted molar refractivity (Wildman–Crippen MR) is 100 cm³/mol. The number of piperidine rings is 1. The fourth-order valence-corrected chi connectivity index (χ4v) is 4.16. The number of H-pyrrole nitrogens is 1. The normalized spacial score (nSPS) is 20.0. The molecule has 1 atom stereocenters. The van der Waals surface area contributed by atoms with E-state index in [0.29, 0.717) is 11.5 Å². The zero-order valence-corrected chi connectivity index (χ0v) is 15.3. The van der Waals surface area contributed by atoms with Crippen LogP contribution in [0.5, 0.6) is 0 Å². The highest BCUT2D eigenvalue weighted by Crippen LogP contribution is 2.32. The van der Waals surface area contributed by atoms with Crippen molar-refractivity contribution in [2.75, 3.05) is 19.7 Å². The Labute approximate surface area is 153 Å². The van der Waals surface area contributed by atoms with Gasteiger partial charge < -0.3 is 14.6 Å². The number of benzene rings is 1. The van der Waals surface area contributed by atoms with E-state index in [0.717, 1.165) is 49.7 Å². The van der Waals surface area contributed by atoms with E-state index in [-0.39, 0.29) is 12.5 Å². The maximum absolute atomic E-state index is 12.4. The molecular weight excluding hydrogens is 328 g/mol. The van der Waals surface area contributed by atoms with E-state index in [2.05, 4.69) is 11.9 Å². The molecule has 4 rings (SSSR count). The summed E-state index contributed by atoms with van der Waals surface area (Å²) in [6, 6.07) is 5.64. The SMILES string of the molecule is C[C@H]1CCc2[nH]c3ccc(C(=O)OCC(=O)N4CCCCC4)cc3c2C1. The van der Waals surface area contributed by atoms with Gasteiger partial charge in [-0.25, -0.2) is 4.79 Å². The maximum atomic E-state index is 12.4. The highest BCUT2D eigenvalue weighted by molar-refractivity contribution is 5.97. The van der Waals surface area contributed by atoms with E-state index in [4.69, 9.17) is 4.74 Å². The Hall–Kier alpha value is -2.30. The van der Waals surface area contributed by atoms with E-state index >= 15 is 0 Å². The number of aromatic nitrogens is 1. The Kier molecular flexibility index (Phi) is 4.70. The number of carbonyl (C=O) groups is 2. The van der Waals surface area contributed by atoms with Crippen LogP contribution >= 0.6 is 0 Å². The van der Waals surface area contributed by atoms with Crippen molar-refractivity contribution < 1.29 is 14.3 Å². The number of fused-ring (bicyclic) bond motifs is 3. The fourth-order valence-electron chi connectivity index (χ4n) is 4.16. The molecule has 0 spiro atoms. The Bertz CT molecular complexity index is 833. The molecule has 0 radical (unpaired) electrons. The van der Waals surface area contributed by atoms with E-state index in [1.54, 1.807) is 11.0 Å². The van der Waals surface area contributed by atoms with Crippen molar-refractivity contribution in [1.82, 2.24) is 9.88 Å². The van der Waals surface area contributed by atoms with Gasteiger partial charge in [-0.15, -0.1) is 0 Å². The topological polar surface area (TPSA) is 62.4 Å². The highest BCUT2D eigenvalue weighted by atomic mass is 16.5. The molecule has 5 nitrogen and oxygen atoms in total.